The van der Waals surface area contributed by atoms with Gasteiger partial charge in [0.1, 0.15) is 6.10 Å². The summed E-state index contributed by atoms with van der Waals surface area (Å²) in [6, 6.07) is 10.7. The lowest BCUT2D eigenvalue weighted by Gasteiger charge is -2.37. The van der Waals surface area contributed by atoms with Gasteiger partial charge in [-0.25, -0.2) is 0 Å². The molecule has 2 unspecified atom stereocenters. The second-order valence-electron chi connectivity index (χ2n) is 7.80. The molecule has 1 amide bonds. The van der Waals surface area contributed by atoms with Crippen molar-refractivity contribution in [3.63, 3.8) is 0 Å². The quantitative estimate of drug-likeness (QED) is 0.349. The van der Waals surface area contributed by atoms with Crippen molar-refractivity contribution in [2.24, 2.45) is 4.99 Å². The second kappa shape index (κ2) is 12.3. The SMILES string of the molecule is CCNC(=NCC(C)N(C)c1ccccc1)N1CCN(C(=O)C2CCCO2)CC1.I. The van der Waals surface area contributed by atoms with Crippen molar-refractivity contribution >= 4 is 41.5 Å². The summed E-state index contributed by atoms with van der Waals surface area (Å²) in [5.41, 5.74) is 1.20. The predicted molar refractivity (Wildman–Crippen MR) is 133 cm³/mol. The van der Waals surface area contributed by atoms with Crippen LogP contribution in [0.1, 0.15) is 26.7 Å². The molecule has 0 aromatic heterocycles. The first kappa shape index (κ1) is 24.7. The first-order valence-corrected chi connectivity index (χ1v) is 10.8. The molecule has 2 aliphatic rings. The first-order chi connectivity index (χ1) is 14.1. The average Bonchev–Trinajstić information content (AvgIpc) is 3.31. The number of guanidine groups is 1. The average molecular weight is 529 g/mol. The van der Waals surface area contributed by atoms with Crippen LogP contribution in [0.15, 0.2) is 35.3 Å². The molecular weight excluding hydrogens is 493 g/mol. The van der Waals surface area contributed by atoms with Crippen molar-refractivity contribution in [2.75, 3.05) is 57.8 Å². The minimum Gasteiger partial charge on any atom is -0.370 e. The van der Waals surface area contributed by atoms with E-state index in [4.69, 9.17) is 9.73 Å². The van der Waals surface area contributed by atoms with Crippen LogP contribution in [0.2, 0.25) is 0 Å². The van der Waals surface area contributed by atoms with Gasteiger partial charge in [0, 0.05) is 58.1 Å². The summed E-state index contributed by atoms with van der Waals surface area (Å²) in [7, 11) is 2.11. The Morgan fingerprint density at radius 1 is 1.23 bits per heavy atom. The molecule has 2 heterocycles. The molecule has 2 fully saturated rings. The molecule has 30 heavy (non-hydrogen) atoms. The van der Waals surface area contributed by atoms with E-state index in [1.54, 1.807) is 0 Å². The Hall–Kier alpha value is -1.55. The first-order valence-electron chi connectivity index (χ1n) is 10.8. The van der Waals surface area contributed by atoms with Crippen LogP contribution in [0.4, 0.5) is 5.69 Å². The maximum atomic E-state index is 12.6. The van der Waals surface area contributed by atoms with Crippen LogP contribution in [0.25, 0.3) is 0 Å². The van der Waals surface area contributed by atoms with Crippen LogP contribution >= 0.6 is 24.0 Å². The molecule has 8 heteroatoms. The third-order valence-corrected chi connectivity index (χ3v) is 5.76. The second-order valence-corrected chi connectivity index (χ2v) is 7.80. The van der Waals surface area contributed by atoms with E-state index in [1.165, 1.54) is 5.69 Å². The smallest absolute Gasteiger partial charge is 0.251 e. The van der Waals surface area contributed by atoms with Gasteiger partial charge < -0.3 is 24.8 Å². The molecule has 168 valence electrons. The van der Waals surface area contributed by atoms with Gasteiger partial charge in [0.15, 0.2) is 5.96 Å². The number of aliphatic imine (C=N–C) groups is 1. The molecule has 0 aliphatic carbocycles. The number of piperazine rings is 1. The van der Waals surface area contributed by atoms with Gasteiger partial charge in [0.05, 0.1) is 6.54 Å². The highest BCUT2D eigenvalue weighted by atomic mass is 127. The Labute approximate surface area is 197 Å². The number of hydrogen-bond acceptors (Lipinski definition) is 4. The van der Waals surface area contributed by atoms with Crippen LogP contribution in [0.3, 0.4) is 0 Å². The number of carbonyl (C=O) groups is 1. The molecule has 0 saturated carbocycles. The Balaban J connectivity index is 0.00000320. The highest BCUT2D eigenvalue weighted by molar-refractivity contribution is 14.0. The zero-order chi connectivity index (χ0) is 20.6. The number of likely N-dealkylation sites (N-methyl/N-ethyl adjacent to an activating group) is 1. The van der Waals surface area contributed by atoms with E-state index in [-0.39, 0.29) is 42.0 Å². The number of para-hydroxylation sites is 1. The zero-order valence-corrected chi connectivity index (χ0v) is 20.7. The maximum Gasteiger partial charge on any atom is 0.251 e. The molecule has 2 saturated heterocycles. The van der Waals surface area contributed by atoms with Gasteiger partial charge >= 0.3 is 0 Å². The minimum atomic E-state index is -0.224. The highest BCUT2D eigenvalue weighted by Gasteiger charge is 2.30. The normalized spacial score (nSPS) is 20.5. The number of hydrogen-bond donors (Lipinski definition) is 1. The molecule has 1 N–H and O–H groups in total. The Morgan fingerprint density at radius 3 is 2.50 bits per heavy atom. The predicted octanol–water partition coefficient (Wildman–Crippen LogP) is 2.42. The largest absolute Gasteiger partial charge is 0.370 e. The van der Waals surface area contributed by atoms with Gasteiger partial charge in [-0.15, -0.1) is 24.0 Å². The number of nitrogens with zero attached hydrogens (tertiary/aromatic N) is 4. The molecule has 0 spiro atoms. The van der Waals surface area contributed by atoms with Crippen LogP contribution in [0, 0.1) is 0 Å². The van der Waals surface area contributed by atoms with Gasteiger partial charge in [-0.05, 0) is 38.8 Å². The van der Waals surface area contributed by atoms with Crippen molar-refractivity contribution in [1.82, 2.24) is 15.1 Å². The van der Waals surface area contributed by atoms with Crippen molar-refractivity contribution in [3.05, 3.63) is 30.3 Å². The summed E-state index contributed by atoms with van der Waals surface area (Å²) in [5.74, 6) is 1.09. The molecule has 2 aliphatic heterocycles. The van der Waals surface area contributed by atoms with Crippen LogP contribution < -0.4 is 10.2 Å². The monoisotopic (exact) mass is 529 g/mol. The fraction of sp³-hybridized carbons (Fsp3) is 0.636. The summed E-state index contributed by atoms with van der Waals surface area (Å²) in [6.07, 6.45) is 1.62. The Kier molecular flexibility index (Phi) is 10.2. The van der Waals surface area contributed by atoms with E-state index >= 15 is 0 Å². The van der Waals surface area contributed by atoms with E-state index in [0.717, 1.165) is 51.5 Å². The maximum absolute atomic E-state index is 12.6. The molecular formula is C22H36IN5O2. The molecule has 1 aromatic carbocycles. The summed E-state index contributed by atoms with van der Waals surface area (Å²) >= 11 is 0. The molecule has 0 bridgehead atoms. The van der Waals surface area contributed by atoms with E-state index in [1.807, 2.05) is 11.0 Å². The van der Waals surface area contributed by atoms with Gasteiger partial charge in [0.25, 0.3) is 5.91 Å². The van der Waals surface area contributed by atoms with Crippen LogP contribution in [-0.2, 0) is 9.53 Å². The van der Waals surface area contributed by atoms with Gasteiger partial charge in [-0.2, -0.15) is 0 Å². The van der Waals surface area contributed by atoms with Crippen LogP contribution in [0.5, 0.6) is 0 Å². The number of halogens is 1. The number of nitrogens with one attached hydrogen (secondary N) is 1. The summed E-state index contributed by atoms with van der Waals surface area (Å²) < 4.78 is 5.56. The van der Waals surface area contributed by atoms with E-state index < -0.39 is 0 Å². The third kappa shape index (κ3) is 6.47. The summed E-state index contributed by atoms with van der Waals surface area (Å²) in [5, 5.41) is 3.41. The van der Waals surface area contributed by atoms with E-state index in [9.17, 15) is 4.79 Å². The molecule has 0 radical (unpaired) electrons. The number of anilines is 1. The Bertz CT molecular complexity index is 673. The lowest BCUT2D eigenvalue weighted by molar-refractivity contribution is -0.142. The van der Waals surface area contributed by atoms with Crippen molar-refractivity contribution < 1.29 is 9.53 Å². The van der Waals surface area contributed by atoms with Crippen molar-refractivity contribution in [2.45, 2.75) is 38.8 Å². The fourth-order valence-electron chi connectivity index (χ4n) is 3.80. The number of carbonyl (C=O) groups excluding carboxylic acids is 1. The molecule has 7 nitrogen and oxygen atoms in total. The van der Waals surface area contributed by atoms with E-state index in [2.05, 4.69) is 60.3 Å². The van der Waals surface area contributed by atoms with Gasteiger partial charge in [0.2, 0.25) is 0 Å². The minimum absolute atomic E-state index is 0. The zero-order valence-electron chi connectivity index (χ0n) is 18.4. The third-order valence-electron chi connectivity index (χ3n) is 5.76. The molecule has 2 atom stereocenters. The lowest BCUT2D eigenvalue weighted by atomic mass is 10.2. The number of rotatable bonds is 6. The standard InChI is InChI=1S/C22H35N5O2.HI/c1-4-23-22(24-17-18(2)25(3)19-9-6-5-7-10-19)27-14-12-26(13-15-27)21(28)20-11-8-16-29-20;/h5-7,9-10,18,20H,4,8,11-17H2,1-3H3,(H,23,24);1H. The number of ether oxygens (including phenoxy) is 1. The molecule has 1 aromatic rings. The lowest BCUT2D eigenvalue weighted by Crippen LogP contribution is -2.55. The van der Waals surface area contributed by atoms with Gasteiger partial charge in [-0.3, -0.25) is 9.79 Å². The van der Waals surface area contributed by atoms with E-state index in [0.29, 0.717) is 13.2 Å². The summed E-state index contributed by atoms with van der Waals surface area (Å²) in [6.45, 7) is 9.58. The Morgan fingerprint density at radius 2 is 1.90 bits per heavy atom. The van der Waals surface area contributed by atoms with Crippen LogP contribution in [-0.4, -0.2) is 86.7 Å². The summed E-state index contributed by atoms with van der Waals surface area (Å²) in [4.78, 5) is 23.9. The van der Waals surface area contributed by atoms with Crippen molar-refractivity contribution in [1.29, 1.82) is 0 Å². The molecule has 3 rings (SSSR count). The number of benzene rings is 1. The van der Waals surface area contributed by atoms with Crippen molar-refractivity contribution in [3.8, 4) is 0 Å². The topological polar surface area (TPSA) is 60.4 Å². The highest BCUT2D eigenvalue weighted by Crippen LogP contribution is 2.17. The fourth-order valence-corrected chi connectivity index (χ4v) is 3.80. The number of amides is 1. The van der Waals surface area contributed by atoms with Gasteiger partial charge in [-0.1, -0.05) is 18.2 Å².